The summed E-state index contributed by atoms with van der Waals surface area (Å²) >= 11 is 0. The number of hydrogen-bond donors (Lipinski definition) is 8. The third-order valence-electron chi connectivity index (χ3n) is 4.52. The Balaban J connectivity index is 1.54. The molecule has 174 valence electrons. The second-order valence-corrected chi connectivity index (χ2v) is 11.1. The van der Waals surface area contributed by atoms with Gasteiger partial charge in [-0.15, -0.1) is 0 Å². The number of amidine groups is 1. The van der Waals surface area contributed by atoms with Crippen molar-refractivity contribution in [2.45, 2.75) is 37.0 Å². The molecule has 10 N–H and O–H groups in total. The molecule has 2 fully saturated rings. The van der Waals surface area contributed by atoms with Gasteiger partial charge in [0.25, 0.3) is 0 Å². The van der Waals surface area contributed by atoms with Gasteiger partial charge in [-0.1, -0.05) is 0 Å². The first-order valence-corrected chi connectivity index (χ1v) is 13.0. The molecular formula is C10H23N6O11P3. The molecule has 0 bridgehead atoms. The fraction of sp³-hybridized carbons (Fsp3) is 0.900. The van der Waals surface area contributed by atoms with Gasteiger partial charge in [-0.2, -0.15) is 8.62 Å². The maximum absolute atomic E-state index is 11.8. The number of rotatable bonds is 8. The molecule has 30 heavy (non-hydrogen) atoms. The minimum Gasteiger partial charge on any atom is -0.386 e. The first-order chi connectivity index (χ1) is 13.8. The molecule has 0 aliphatic carbocycles. The van der Waals surface area contributed by atoms with Crippen LogP contribution in [0.5, 0.6) is 0 Å². The van der Waals surface area contributed by atoms with Gasteiger partial charge in [0.05, 0.1) is 38.3 Å². The topological polar surface area (TPSA) is 261 Å². The summed E-state index contributed by atoms with van der Waals surface area (Å²) in [4.78, 5) is 41.8. The number of nitrogens with one attached hydrogen (secondary N) is 2. The summed E-state index contributed by atoms with van der Waals surface area (Å²) in [6, 6.07) is -0.830. The zero-order valence-electron chi connectivity index (χ0n) is 15.3. The third kappa shape index (κ3) is 6.13. The zero-order chi connectivity index (χ0) is 22.3. The van der Waals surface area contributed by atoms with Crippen LogP contribution in [0.4, 0.5) is 0 Å². The van der Waals surface area contributed by atoms with E-state index in [1.165, 1.54) is 0 Å². The van der Waals surface area contributed by atoms with Crippen LogP contribution in [-0.2, 0) is 31.6 Å². The van der Waals surface area contributed by atoms with E-state index < -0.39 is 48.4 Å². The van der Waals surface area contributed by atoms with E-state index in [0.29, 0.717) is 25.6 Å². The number of fused-ring (bicyclic) bond motifs is 1. The van der Waals surface area contributed by atoms with E-state index >= 15 is 0 Å². The standard InChI is InChI=1S/C10H23N6O11P3/c11-5-1-7(16-4-15-8-9(12)13-3-14-10(8)16)25-6(5)2-24-29(20,21)27-30(22,23)26-28(17,18)19/h5-8,10,14-15H,1-4,11H2,(H2,12,13)(H,20,21)(H,22,23)(H2,17,18,19). The highest BCUT2D eigenvalue weighted by Gasteiger charge is 2.47. The summed E-state index contributed by atoms with van der Waals surface area (Å²) < 4.78 is 51.5. The fourth-order valence-electron chi connectivity index (χ4n) is 3.31. The Kier molecular flexibility index (Phi) is 7.22. The molecule has 0 aromatic carbocycles. The van der Waals surface area contributed by atoms with Gasteiger partial charge < -0.3 is 35.8 Å². The summed E-state index contributed by atoms with van der Waals surface area (Å²) in [5, 5.41) is 6.35. The van der Waals surface area contributed by atoms with Crippen molar-refractivity contribution < 1.29 is 51.2 Å². The van der Waals surface area contributed by atoms with Crippen LogP contribution in [0.2, 0.25) is 0 Å². The Morgan fingerprint density at radius 1 is 1.17 bits per heavy atom. The lowest BCUT2D eigenvalue weighted by Gasteiger charge is -2.33. The lowest BCUT2D eigenvalue weighted by atomic mass is 10.1. The second-order valence-electron chi connectivity index (χ2n) is 6.66. The van der Waals surface area contributed by atoms with Gasteiger partial charge in [0, 0.05) is 12.5 Å². The van der Waals surface area contributed by atoms with Gasteiger partial charge in [0.1, 0.15) is 12.1 Å². The molecule has 20 heteroatoms. The van der Waals surface area contributed by atoms with Crippen LogP contribution in [-0.4, -0.2) is 80.8 Å². The van der Waals surface area contributed by atoms with Crippen molar-refractivity contribution in [2.24, 2.45) is 16.5 Å². The SMILES string of the molecule is NC1=NCNC2C1NCN2C1CC(N)C(COP(=O)(O)OP(=O)(O)OP(=O)(O)O)O1. The zero-order valence-corrected chi connectivity index (χ0v) is 17.9. The Labute approximate surface area is 170 Å². The Morgan fingerprint density at radius 3 is 2.53 bits per heavy atom. The Bertz CT molecular complexity index is 824. The van der Waals surface area contributed by atoms with E-state index in [1.54, 1.807) is 0 Å². The van der Waals surface area contributed by atoms with E-state index in [-0.39, 0.29) is 12.2 Å². The number of hydrogen-bond acceptors (Lipinski definition) is 13. The molecule has 0 amide bonds. The van der Waals surface area contributed by atoms with Gasteiger partial charge in [0.2, 0.25) is 0 Å². The Hall–Kier alpha value is -0.320. The lowest BCUT2D eigenvalue weighted by Crippen LogP contribution is -2.58. The molecule has 7 atom stereocenters. The minimum atomic E-state index is -5.58. The predicted molar refractivity (Wildman–Crippen MR) is 98.1 cm³/mol. The molecule has 0 radical (unpaired) electrons. The van der Waals surface area contributed by atoms with Gasteiger partial charge >= 0.3 is 23.5 Å². The highest BCUT2D eigenvalue weighted by Crippen LogP contribution is 2.66. The maximum atomic E-state index is 11.8. The van der Waals surface area contributed by atoms with Gasteiger partial charge in [0.15, 0.2) is 0 Å². The average Bonchev–Trinajstić information content (AvgIpc) is 3.14. The lowest BCUT2D eigenvalue weighted by molar-refractivity contribution is -0.0781. The molecule has 3 aliphatic rings. The van der Waals surface area contributed by atoms with Crippen LogP contribution in [0, 0.1) is 0 Å². The molecule has 3 heterocycles. The summed E-state index contributed by atoms with van der Waals surface area (Å²) in [7, 11) is -16.3. The van der Waals surface area contributed by atoms with E-state index in [1.807, 2.05) is 4.90 Å². The van der Waals surface area contributed by atoms with Crippen LogP contribution < -0.4 is 22.1 Å². The molecule has 3 rings (SSSR count). The van der Waals surface area contributed by atoms with Crippen molar-refractivity contribution in [3.05, 3.63) is 0 Å². The predicted octanol–water partition coefficient (Wildman–Crippen LogP) is -2.75. The third-order valence-corrected chi connectivity index (χ3v) is 8.32. The number of aliphatic imine (C=N–C) groups is 1. The largest absolute Gasteiger partial charge is 0.490 e. The quantitative estimate of drug-likeness (QED) is 0.158. The maximum Gasteiger partial charge on any atom is 0.490 e. The van der Waals surface area contributed by atoms with Crippen LogP contribution in [0.15, 0.2) is 4.99 Å². The smallest absolute Gasteiger partial charge is 0.386 e. The summed E-state index contributed by atoms with van der Waals surface area (Å²) in [5.74, 6) is 0.452. The van der Waals surface area contributed by atoms with Crippen molar-refractivity contribution in [3.8, 4) is 0 Å². The van der Waals surface area contributed by atoms with Crippen molar-refractivity contribution in [3.63, 3.8) is 0 Å². The number of phosphoric ester groups is 1. The van der Waals surface area contributed by atoms with Gasteiger partial charge in [-0.25, -0.2) is 18.6 Å². The minimum absolute atomic E-state index is 0.197. The van der Waals surface area contributed by atoms with Crippen LogP contribution >= 0.6 is 23.5 Å². The van der Waals surface area contributed by atoms with Crippen LogP contribution in [0.25, 0.3) is 0 Å². The molecule has 3 aliphatic heterocycles. The molecule has 0 saturated carbocycles. The van der Waals surface area contributed by atoms with Crippen molar-refractivity contribution in [2.75, 3.05) is 19.9 Å². The van der Waals surface area contributed by atoms with Crippen LogP contribution in [0.1, 0.15) is 6.42 Å². The monoisotopic (exact) mass is 496 g/mol. The van der Waals surface area contributed by atoms with E-state index in [0.717, 1.165) is 0 Å². The number of phosphoric acid groups is 3. The van der Waals surface area contributed by atoms with Crippen molar-refractivity contribution >= 4 is 29.3 Å². The first kappa shape index (κ1) is 24.3. The first-order valence-electron chi connectivity index (χ1n) is 8.48. The highest BCUT2D eigenvalue weighted by atomic mass is 31.3. The average molecular weight is 496 g/mol. The number of ether oxygens (including phenoxy) is 1. The van der Waals surface area contributed by atoms with Crippen LogP contribution in [0.3, 0.4) is 0 Å². The molecular weight excluding hydrogens is 473 g/mol. The summed E-state index contributed by atoms with van der Waals surface area (Å²) in [6.07, 6.45) is -1.23. The van der Waals surface area contributed by atoms with Crippen molar-refractivity contribution in [1.82, 2.24) is 15.5 Å². The van der Waals surface area contributed by atoms with E-state index in [4.69, 9.17) is 30.9 Å². The number of nitrogens with two attached hydrogens (primary N) is 2. The van der Waals surface area contributed by atoms with Gasteiger partial charge in [-0.05, 0) is 0 Å². The summed E-state index contributed by atoms with van der Waals surface area (Å²) in [5.41, 5.74) is 11.9. The fourth-order valence-corrected chi connectivity index (χ4v) is 6.34. The number of nitrogens with zero attached hydrogens (tertiary/aromatic N) is 2. The Morgan fingerprint density at radius 2 is 1.87 bits per heavy atom. The van der Waals surface area contributed by atoms with E-state index in [2.05, 4.69) is 28.8 Å². The molecule has 0 spiro atoms. The normalized spacial score (nSPS) is 36.7. The van der Waals surface area contributed by atoms with Gasteiger partial charge in [-0.3, -0.25) is 20.1 Å². The second kappa shape index (κ2) is 8.90. The van der Waals surface area contributed by atoms with E-state index in [9.17, 15) is 18.6 Å². The molecule has 17 nitrogen and oxygen atoms in total. The molecule has 2 saturated heterocycles. The van der Waals surface area contributed by atoms with Crippen molar-refractivity contribution in [1.29, 1.82) is 0 Å². The molecule has 0 aromatic rings. The molecule has 7 unspecified atom stereocenters. The molecule has 0 aromatic heterocycles. The highest BCUT2D eigenvalue weighted by molar-refractivity contribution is 7.66. The summed E-state index contributed by atoms with van der Waals surface area (Å²) in [6.45, 7) is 0.145.